The van der Waals surface area contributed by atoms with Crippen LogP contribution in [-0.2, 0) is 28.5 Å². The maximum absolute atomic E-state index is 12.4. The molecule has 0 bridgehead atoms. The summed E-state index contributed by atoms with van der Waals surface area (Å²) in [5, 5.41) is 12.4. The van der Waals surface area contributed by atoms with Crippen molar-refractivity contribution in [1.29, 1.82) is 0 Å². The number of aliphatic hydroxyl groups is 1. The number of ether oxygens (including phenoxy) is 4. The van der Waals surface area contributed by atoms with Crippen LogP contribution in [0, 0.1) is 46.3 Å². The van der Waals surface area contributed by atoms with Gasteiger partial charge >= 0.3 is 11.9 Å². The molecule has 4 aliphatic carbocycles. The summed E-state index contributed by atoms with van der Waals surface area (Å²) in [5.41, 5.74) is -1.47. The fourth-order valence-electron chi connectivity index (χ4n) is 10.9. The average Bonchev–Trinajstić information content (AvgIpc) is 3.27. The Kier molecular flexibility index (Phi) is 6.33. The topological polar surface area (TPSA) is 91.3 Å². The van der Waals surface area contributed by atoms with E-state index >= 15 is 0 Å². The average molecular weight is 533 g/mol. The lowest BCUT2D eigenvalue weighted by atomic mass is 9.42. The van der Waals surface area contributed by atoms with Crippen molar-refractivity contribution in [3.05, 3.63) is 0 Å². The smallest absolute Gasteiger partial charge is 0.303 e. The highest BCUT2D eigenvalue weighted by atomic mass is 16.7. The first-order valence-electron chi connectivity index (χ1n) is 15.2. The van der Waals surface area contributed by atoms with E-state index in [1.54, 1.807) is 0 Å². The molecule has 0 aromatic carbocycles. The van der Waals surface area contributed by atoms with Crippen molar-refractivity contribution in [2.24, 2.45) is 46.3 Å². The summed E-state index contributed by atoms with van der Waals surface area (Å²) in [6.45, 7) is 13.0. The first-order valence-corrected chi connectivity index (χ1v) is 15.2. The van der Waals surface area contributed by atoms with Crippen LogP contribution in [0.3, 0.4) is 0 Å². The monoisotopic (exact) mass is 532 g/mol. The van der Waals surface area contributed by atoms with Gasteiger partial charge in [-0.2, -0.15) is 0 Å². The molecule has 214 valence electrons. The zero-order valence-corrected chi connectivity index (χ0v) is 24.2. The molecule has 1 spiro atoms. The summed E-state index contributed by atoms with van der Waals surface area (Å²) >= 11 is 0. The fraction of sp³-hybridized carbons (Fsp3) is 0.935. The van der Waals surface area contributed by atoms with Crippen molar-refractivity contribution in [3.8, 4) is 0 Å². The Morgan fingerprint density at radius 1 is 0.921 bits per heavy atom. The largest absolute Gasteiger partial charge is 0.462 e. The van der Waals surface area contributed by atoms with Crippen LogP contribution in [0.15, 0.2) is 0 Å². The summed E-state index contributed by atoms with van der Waals surface area (Å²) in [7, 11) is 0. The predicted octanol–water partition coefficient (Wildman–Crippen LogP) is 5.02. The molecule has 0 aromatic heterocycles. The van der Waals surface area contributed by atoms with Crippen LogP contribution in [0.25, 0.3) is 0 Å². The summed E-state index contributed by atoms with van der Waals surface area (Å²) in [4.78, 5) is 24.0. The van der Waals surface area contributed by atoms with Gasteiger partial charge in [-0.05, 0) is 80.0 Å². The van der Waals surface area contributed by atoms with Gasteiger partial charge in [-0.15, -0.1) is 0 Å². The van der Waals surface area contributed by atoms with Crippen LogP contribution in [0.4, 0.5) is 0 Å². The molecule has 4 saturated carbocycles. The second-order valence-corrected chi connectivity index (χ2v) is 14.5. The minimum Gasteiger partial charge on any atom is -0.462 e. The van der Waals surface area contributed by atoms with Crippen LogP contribution < -0.4 is 0 Å². The second kappa shape index (κ2) is 8.91. The maximum atomic E-state index is 12.4. The zero-order valence-electron chi connectivity index (χ0n) is 24.2. The molecule has 6 aliphatic rings. The van der Waals surface area contributed by atoms with Gasteiger partial charge < -0.3 is 24.1 Å². The third kappa shape index (κ3) is 3.69. The van der Waals surface area contributed by atoms with Crippen molar-refractivity contribution in [2.45, 2.75) is 129 Å². The van der Waals surface area contributed by atoms with Gasteiger partial charge in [-0.3, -0.25) is 9.59 Å². The van der Waals surface area contributed by atoms with Crippen molar-refractivity contribution in [2.75, 3.05) is 6.61 Å². The minimum atomic E-state index is -1.21. The first kappa shape index (κ1) is 27.0. The predicted molar refractivity (Wildman–Crippen MR) is 140 cm³/mol. The molecule has 13 atom stereocenters. The van der Waals surface area contributed by atoms with E-state index in [1.165, 1.54) is 13.8 Å². The molecule has 0 amide bonds. The quantitative estimate of drug-likeness (QED) is 0.499. The third-order valence-electron chi connectivity index (χ3n) is 12.7. The van der Waals surface area contributed by atoms with Crippen molar-refractivity contribution < 1.29 is 33.6 Å². The number of rotatable bonds is 2. The molecule has 0 radical (unpaired) electrons. The fourth-order valence-corrected chi connectivity index (χ4v) is 10.9. The van der Waals surface area contributed by atoms with E-state index in [2.05, 4.69) is 27.7 Å². The van der Waals surface area contributed by atoms with Crippen LogP contribution in [0.5, 0.6) is 0 Å². The van der Waals surface area contributed by atoms with Crippen LogP contribution in [0.1, 0.15) is 99.3 Å². The molecular weight excluding hydrogens is 484 g/mol. The minimum absolute atomic E-state index is 0.142. The number of hydrogen-bond donors (Lipinski definition) is 1. The molecule has 2 saturated heterocycles. The SMILES string of the molecule is CC(=O)O[C@H]1CC[C@]2(C)[C@@H]3CC[C@]4(C)[C@@H]5[C@@H](C)[C@@]6(CC[C@H](C)CO6)O[C@@H]5C[C@@H]4[C@H]3C[C@H](OC(C)=O)[C@@]2(O)C1. The van der Waals surface area contributed by atoms with Gasteiger partial charge in [-0.1, -0.05) is 27.7 Å². The van der Waals surface area contributed by atoms with E-state index in [0.29, 0.717) is 48.3 Å². The number of carbonyl (C=O) groups is 2. The lowest BCUT2D eigenvalue weighted by molar-refractivity contribution is -0.281. The Balaban J connectivity index is 1.30. The van der Waals surface area contributed by atoms with Gasteiger partial charge in [0.05, 0.1) is 12.7 Å². The highest BCUT2D eigenvalue weighted by Gasteiger charge is 2.72. The molecule has 7 heteroatoms. The summed E-state index contributed by atoms with van der Waals surface area (Å²) in [6.07, 6.45) is 7.09. The van der Waals surface area contributed by atoms with E-state index in [9.17, 15) is 14.7 Å². The Labute approximate surface area is 227 Å². The van der Waals surface area contributed by atoms with E-state index in [-0.39, 0.29) is 29.6 Å². The van der Waals surface area contributed by atoms with Crippen LogP contribution in [0.2, 0.25) is 0 Å². The van der Waals surface area contributed by atoms with E-state index < -0.39 is 22.9 Å². The summed E-state index contributed by atoms with van der Waals surface area (Å²) in [5.74, 6) is 1.45. The molecule has 7 nitrogen and oxygen atoms in total. The highest BCUT2D eigenvalue weighted by molar-refractivity contribution is 5.66. The summed E-state index contributed by atoms with van der Waals surface area (Å²) in [6, 6.07) is 0. The molecule has 2 aliphatic heterocycles. The van der Waals surface area contributed by atoms with Gasteiger partial charge in [0, 0.05) is 38.0 Å². The molecule has 0 unspecified atom stereocenters. The van der Waals surface area contributed by atoms with Gasteiger partial charge in [0.25, 0.3) is 0 Å². The standard InChI is InChI=1S/C31H48O7/c1-17-7-12-31(35-16-17)18(2)27-25(38-31)14-24-22-13-26(37-20(4)33)30(34)15-21(36-19(3)32)8-11-29(30,6)23(22)9-10-28(24,27)5/h17-18,21-27,34H,7-16H2,1-6H3/t17-,18+,21-,22-,23+,24+,25+,26-,27+,28-,29+,30-,31+/m0/s1. The summed E-state index contributed by atoms with van der Waals surface area (Å²) < 4.78 is 24.9. The molecule has 0 aromatic rings. The zero-order chi connectivity index (χ0) is 27.3. The normalized spacial score (nSPS) is 55.4. The van der Waals surface area contributed by atoms with Crippen LogP contribution >= 0.6 is 0 Å². The van der Waals surface area contributed by atoms with Gasteiger partial charge in [0.15, 0.2) is 5.79 Å². The molecule has 6 fully saturated rings. The molecule has 2 heterocycles. The van der Waals surface area contributed by atoms with Gasteiger partial charge in [0.1, 0.15) is 17.8 Å². The van der Waals surface area contributed by atoms with E-state index in [0.717, 1.165) is 51.6 Å². The number of fused-ring (bicyclic) bond motifs is 7. The maximum Gasteiger partial charge on any atom is 0.303 e. The van der Waals surface area contributed by atoms with Crippen molar-refractivity contribution in [3.63, 3.8) is 0 Å². The second-order valence-electron chi connectivity index (χ2n) is 14.5. The Morgan fingerprint density at radius 3 is 2.32 bits per heavy atom. The number of esters is 2. The molecule has 38 heavy (non-hydrogen) atoms. The highest BCUT2D eigenvalue weighted by Crippen LogP contribution is 2.72. The van der Waals surface area contributed by atoms with Crippen molar-refractivity contribution >= 4 is 11.9 Å². The van der Waals surface area contributed by atoms with Crippen LogP contribution in [-0.4, -0.2) is 53.4 Å². The Hall–Kier alpha value is -1.18. The third-order valence-corrected chi connectivity index (χ3v) is 12.7. The lowest BCUT2D eigenvalue weighted by Gasteiger charge is -2.65. The Morgan fingerprint density at radius 2 is 1.66 bits per heavy atom. The van der Waals surface area contributed by atoms with E-state index in [4.69, 9.17) is 18.9 Å². The number of hydrogen-bond acceptors (Lipinski definition) is 7. The van der Waals surface area contributed by atoms with Gasteiger partial charge in [-0.25, -0.2) is 0 Å². The number of carbonyl (C=O) groups excluding carboxylic acids is 2. The molecule has 6 rings (SSSR count). The Bertz CT molecular complexity index is 973. The van der Waals surface area contributed by atoms with Gasteiger partial charge in [0.2, 0.25) is 0 Å². The molecular formula is C31H48O7. The van der Waals surface area contributed by atoms with Crippen molar-refractivity contribution in [1.82, 2.24) is 0 Å². The van der Waals surface area contributed by atoms with E-state index in [1.807, 2.05) is 0 Å². The lowest BCUT2D eigenvalue weighted by Crippen LogP contribution is -2.69. The molecule has 1 N–H and O–H groups in total. The first-order chi connectivity index (χ1) is 17.8.